The maximum absolute atomic E-state index is 12.9. The van der Waals surface area contributed by atoms with E-state index in [4.69, 9.17) is 0 Å². The molecule has 0 bridgehead atoms. The van der Waals surface area contributed by atoms with Gasteiger partial charge in [-0.1, -0.05) is 18.2 Å². The van der Waals surface area contributed by atoms with Crippen LogP contribution in [-0.4, -0.2) is 19.5 Å². The van der Waals surface area contributed by atoms with Crippen LogP contribution in [0, 0.1) is 5.82 Å². The molecule has 0 saturated heterocycles. The van der Waals surface area contributed by atoms with E-state index in [1.165, 1.54) is 12.1 Å². The largest absolute Gasteiger partial charge is 0.350 e. The molecule has 4 aromatic rings. The lowest BCUT2D eigenvalue weighted by molar-refractivity contribution is 0.627. The number of fused-ring (bicyclic) bond motifs is 1. The minimum absolute atomic E-state index is 0.145. The van der Waals surface area contributed by atoms with Gasteiger partial charge in [0.25, 0.3) is 0 Å². The van der Waals surface area contributed by atoms with Gasteiger partial charge in [-0.15, -0.1) is 0 Å². The van der Waals surface area contributed by atoms with Crippen LogP contribution >= 0.6 is 0 Å². The molecular weight excluding hydrogens is 333 g/mol. The fourth-order valence-corrected chi connectivity index (χ4v) is 2.75. The third-order valence-electron chi connectivity index (χ3n) is 4.25. The molecule has 2 heterocycles. The number of imidazole rings is 1. The summed E-state index contributed by atoms with van der Waals surface area (Å²) < 4.78 is 14.5. The van der Waals surface area contributed by atoms with Crippen molar-refractivity contribution in [2.24, 2.45) is 7.05 Å². The third-order valence-corrected chi connectivity index (χ3v) is 4.25. The van der Waals surface area contributed by atoms with E-state index in [0.29, 0.717) is 12.5 Å². The van der Waals surface area contributed by atoms with Crippen molar-refractivity contribution in [3.05, 3.63) is 76.7 Å². The second-order valence-corrected chi connectivity index (χ2v) is 6.00. The molecule has 2 aromatic heterocycles. The van der Waals surface area contributed by atoms with Crippen LogP contribution in [0.15, 0.2) is 59.7 Å². The van der Waals surface area contributed by atoms with Crippen molar-refractivity contribution in [1.82, 2.24) is 19.5 Å². The lowest BCUT2D eigenvalue weighted by atomic mass is 10.1. The van der Waals surface area contributed by atoms with Gasteiger partial charge in [0.2, 0.25) is 5.95 Å². The quantitative estimate of drug-likeness (QED) is 0.594. The van der Waals surface area contributed by atoms with Crippen molar-refractivity contribution < 1.29 is 4.39 Å². The van der Waals surface area contributed by atoms with Gasteiger partial charge in [-0.05, 0) is 35.4 Å². The first-order valence-corrected chi connectivity index (χ1v) is 8.10. The van der Waals surface area contributed by atoms with Gasteiger partial charge in [-0.2, -0.15) is 0 Å². The van der Waals surface area contributed by atoms with Gasteiger partial charge in [-0.3, -0.25) is 4.57 Å². The Morgan fingerprint density at radius 3 is 2.54 bits per heavy atom. The summed E-state index contributed by atoms with van der Waals surface area (Å²) in [6.07, 6.45) is 3.46. The third kappa shape index (κ3) is 3.06. The second kappa shape index (κ2) is 6.44. The van der Waals surface area contributed by atoms with Crippen molar-refractivity contribution in [2.45, 2.75) is 6.54 Å². The summed E-state index contributed by atoms with van der Waals surface area (Å²) in [6, 6.07) is 12.0. The molecule has 0 saturated carbocycles. The number of nitrogens with one attached hydrogen (secondary N) is 2. The average Bonchev–Trinajstić information content (AvgIpc) is 2.95. The Kier molecular flexibility index (Phi) is 3.96. The first kappa shape index (κ1) is 16.0. The Bertz CT molecular complexity index is 1110. The van der Waals surface area contributed by atoms with Crippen LogP contribution < -0.4 is 11.0 Å². The summed E-state index contributed by atoms with van der Waals surface area (Å²) >= 11 is 0. The van der Waals surface area contributed by atoms with Crippen LogP contribution in [0.1, 0.15) is 5.56 Å². The predicted octanol–water partition coefficient (Wildman–Crippen LogP) is 3.07. The normalized spacial score (nSPS) is 11.0. The van der Waals surface area contributed by atoms with Gasteiger partial charge in [0.05, 0.1) is 11.0 Å². The fourth-order valence-electron chi connectivity index (χ4n) is 2.75. The highest BCUT2D eigenvalue weighted by Gasteiger charge is 2.06. The Balaban J connectivity index is 1.53. The molecule has 2 aromatic carbocycles. The zero-order chi connectivity index (χ0) is 18.1. The zero-order valence-corrected chi connectivity index (χ0v) is 14.0. The molecule has 0 aliphatic rings. The van der Waals surface area contributed by atoms with Crippen molar-refractivity contribution in [1.29, 1.82) is 0 Å². The Morgan fingerprint density at radius 1 is 1.08 bits per heavy atom. The first-order chi connectivity index (χ1) is 12.6. The number of rotatable bonds is 4. The Hall–Kier alpha value is -3.48. The standard InChI is InChI=1S/C19H16FN5O/c1-25-17-8-13(4-7-16(17)24-19(25)26)14-10-22-18(23-11-14)21-9-12-2-5-15(20)6-3-12/h2-8,10-11H,9H2,1H3,(H,24,26)(H,21,22,23). The number of halogens is 1. The molecule has 0 aliphatic heterocycles. The molecule has 0 amide bonds. The first-order valence-electron chi connectivity index (χ1n) is 8.10. The summed E-state index contributed by atoms with van der Waals surface area (Å²) in [4.78, 5) is 23.1. The van der Waals surface area contributed by atoms with Gasteiger partial charge in [0.15, 0.2) is 0 Å². The average molecular weight is 349 g/mol. The van der Waals surface area contributed by atoms with Crippen molar-refractivity contribution in [2.75, 3.05) is 5.32 Å². The Morgan fingerprint density at radius 2 is 1.81 bits per heavy atom. The van der Waals surface area contributed by atoms with Crippen LogP contribution in [0.2, 0.25) is 0 Å². The highest BCUT2D eigenvalue weighted by molar-refractivity contribution is 5.81. The topological polar surface area (TPSA) is 75.6 Å². The summed E-state index contributed by atoms with van der Waals surface area (Å²) in [5.74, 6) is 0.236. The van der Waals surface area contributed by atoms with Gasteiger partial charge < -0.3 is 10.3 Å². The summed E-state index contributed by atoms with van der Waals surface area (Å²) in [6.45, 7) is 0.511. The molecule has 0 atom stereocenters. The molecule has 6 nitrogen and oxygen atoms in total. The molecule has 0 aliphatic carbocycles. The number of aromatic amines is 1. The fraction of sp³-hybridized carbons (Fsp3) is 0.105. The van der Waals surface area contributed by atoms with Crippen LogP contribution in [0.25, 0.3) is 22.2 Å². The highest BCUT2D eigenvalue weighted by atomic mass is 19.1. The predicted molar refractivity (Wildman–Crippen MR) is 98.3 cm³/mol. The summed E-state index contributed by atoms with van der Waals surface area (Å²) in [5.41, 5.74) is 4.20. The van der Waals surface area contributed by atoms with Crippen molar-refractivity contribution >= 4 is 17.0 Å². The van der Waals surface area contributed by atoms with Crippen molar-refractivity contribution in [3.8, 4) is 11.1 Å². The molecule has 0 spiro atoms. The second-order valence-electron chi connectivity index (χ2n) is 6.00. The molecule has 4 rings (SSSR count). The van der Waals surface area contributed by atoms with Gasteiger partial charge in [-0.25, -0.2) is 19.2 Å². The van der Waals surface area contributed by atoms with Gasteiger partial charge >= 0.3 is 5.69 Å². The maximum atomic E-state index is 12.9. The molecule has 0 unspecified atom stereocenters. The monoisotopic (exact) mass is 349 g/mol. The highest BCUT2D eigenvalue weighted by Crippen LogP contribution is 2.22. The summed E-state index contributed by atoms with van der Waals surface area (Å²) in [7, 11) is 1.73. The van der Waals surface area contributed by atoms with Crippen LogP contribution in [0.4, 0.5) is 10.3 Å². The van der Waals surface area contributed by atoms with Gasteiger partial charge in [0.1, 0.15) is 5.82 Å². The van der Waals surface area contributed by atoms with Crippen LogP contribution in [0.5, 0.6) is 0 Å². The number of aromatic nitrogens is 4. The van der Waals surface area contributed by atoms with E-state index < -0.39 is 0 Å². The van der Waals surface area contributed by atoms with E-state index in [-0.39, 0.29) is 11.5 Å². The number of hydrogen-bond acceptors (Lipinski definition) is 4. The number of benzene rings is 2. The smallest absolute Gasteiger partial charge is 0.326 e. The summed E-state index contributed by atoms with van der Waals surface area (Å²) in [5, 5.41) is 3.11. The molecule has 26 heavy (non-hydrogen) atoms. The lowest BCUT2D eigenvalue weighted by Crippen LogP contribution is -2.11. The maximum Gasteiger partial charge on any atom is 0.326 e. The van der Waals surface area contributed by atoms with E-state index in [1.807, 2.05) is 18.2 Å². The molecule has 2 N–H and O–H groups in total. The van der Waals surface area contributed by atoms with E-state index >= 15 is 0 Å². The van der Waals surface area contributed by atoms with Crippen LogP contribution in [0.3, 0.4) is 0 Å². The molecular formula is C19H16FN5O. The molecule has 0 radical (unpaired) electrons. The number of H-pyrrole nitrogens is 1. The van der Waals surface area contributed by atoms with E-state index in [1.54, 1.807) is 36.1 Å². The number of aryl methyl sites for hydroxylation is 1. The number of anilines is 1. The minimum Gasteiger partial charge on any atom is -0.350 e. The van der Waals surface area contributed by atoms with E-state index in [0.717, 1.165) is 27.7 Å². The van der Waals surface area contributed by atoms with E-state index in [9.17, 15) is 9.18 Å². The zero-order valence-electron chi connectivity index (χ0n) is 14.0. The van der Waals surface area contributed by atoms with E-state index in [2.05, 4.69) is 20.3 Å². The Labute approximate surface area is 148 Å². The number of nitrogens with zero attached hydrogens (tertiary/aromatic N) is 3. The van der Waals surface area contributed by atoms with Gasteiger partial charge in [0, 0.05) is 31.5 Å². The molecule has 130 valence electrons. The van der Waals surface area contributed by atoms with Crippen molar-refractivity contribution in [3.63, 3.8) is 0 Å². The SMILES string of the molecule is Cn1c(=O)[nH]c2ccc(-c3cnc(NCc4ccc(F)cc4)nc3)cc21. The minimum atomic E-state index is -0.258. The number of hydrogen-bond donors (Lipinski definition) is 2. The molecule has 7 heteroatoms. The van der Waals surface area contributed by atoms with Crippen LogP contribution in [-0.2, 0) is 13.6 Å². The lowest BCUT2D eigenvalue weighted by Gasteiger charge is -2.06. The molecule has 0 fully saturated rings.